The maximum Gasteiger partial charge on any atom is 0.325 e. The summed E-state index contributed by atoms with van der Waals surface area (Å²) in [7, 11) is 2.94. The summed E-state index contributed by atoms with van der Waals surface area (Å²) in [5.41, 5.74) is 11.7. The van der Waals surface area contributed by atoms with E-state index in [1.54, 1.807) is 34.7 Å². The molecular formula is C18H40N4O8. The van der Waals surface area contributed by atoms with Crippen molar-refractivity contribution in [1.82, 2.24) is 5.32 Å². The van der Waals surface area contributed by atoms with Crippen LogP contribution in [0.15, 0.2) is 0 Å². The largest absolute Gasteiger partial charge is 0.480 e. The fourth-order valence-electron chi connectivity index (χ4n) is 0.370. The van der Waals surface area contributed by atoms with Gasteiger partial charge in [0.05, 0.1) is 7.11 Å². The zero-order chi connectivity index (χ0) is 25.7. The van der Waals surface area contributed by atoms with Gasteiger partial charge in [-0.1, -0.05) is 0 Å². The average molecular weight is 441 g/mol. The lowest BCUT2D eigenvalue weighted by molar-refractivity contribution is -0.146. The molecule has 0 aromatic rings. The van der Waals surface area contributed by atoms with Crippen LogP contribution in [-0.2, 0) is 23.9 Å². The predicted molar refractivity (Wildman–Crippen MR) is 113 cm³/mol. The Balaban J connectivity index is -0.000000151. The molecule has 10 N–H and O–H groups in total. The quantitative estimate of drug-likeness (QED) is 0.270. The van der Waals surface area contributed by atoms with E-state index in [0.717, 1.165) is 0 Å². The number of hydrogen-bond donors (Lipinski definition) is 7. The summed E-state index contributed by atoms with van der Waals surface area (Å²) in [5.74, 6) is -3.18. The van der Waals surface area contributed by atoms with Gasteiger partial charge in [-0.3, -0.25) is 19.2 Å². The predicted octanol–water partition coefficient (Wildman–Crippen LogP) is -0.418. The van der Waals surface area contributed by atoms with Crippen molar-refractivity contribution in [3.05, 3.63) is 0 Å². The minimum atomic E-state index is -1.08. The second kappa shape index (κ2) is 13.9. The molecule has 0 rings (SSSR count). The third-order valence-electron chi connectivity index (χ3n) is 2.97. The van der Waals surface area contributed by atoms with Crippen molar-refractivity contribution >= 4 is 23.9 Å². The van der Waals surface area contributed by atoms with Gasteiger partial charge in [0, 0.05) is 0 Å². The molecule has 0 aliphatic rings. The number of esters is 1. The highest BCUT2D eigenvalue weighted by molar-refractivity contribution is 5.79. The van der Waals surface area contributed by atoms with Gasteiger partial charge in [-0.2, -0.15) is 0 Å². The molecule has 0 bridgehead atoms. The number of nitrogens with one attached hydrogen (secondary N) is 1. The molecule has 0 aliphatic heterocycles. The number of carbonyl (C=O) groups excluding carboxylic acids is 1. The van der Waals surface area contributed by atoms with Crippen LogP contribution in [0.25, 0.3) is 0 Å². The van der Waals surface area contributed by atoms with Crippen molar-refractivity contribution in [2.45, 2.75) is 77.5 Å². The molecule has 0 heterocycles. The number of carbonyl (C=O) groups is 4. The molecule has 0 aliphatic carbocycles. The second-order valence-electron chi connectivity index (χ2n) is 8.45. The summed E-state index contributed by atoms with van der Waals surface area (Å²) in [5, 5.41) is 27.3. The third kappa shape index (κ3) is 22.0. The highest BCUT2D eigenvalue weighted by atomic mass is 16.5. The van der Waals surface area contributed by atoms with E-state index in [2.05, 4.69) is 10.1 Å². The molecule has 0 aromatic carbocycles. The summed E-state index contributed by atoms with van der Waals surface area (Å²) in [6, 6.07) is 0. The fraction of sp³-hybridized carbons (Fsp3) is 0.778. The standard InChI is InChI=1S/2C5H11NO2.2C4H9NO2/c1-5(2,6)4(7)8-3;1-5(2,6-3)4(7)8;2*1-4(2,5)3(6)7/h6H2,1-3H3;6H,1-3H3,(H,7,8);2*5H2,1-2H3,(H,6,7). The minimum Gasteiger partial charge on any atom is -0.480 e. The van der Waals surface area contributed by atoms with Gasteiger partial charge in [-0.15, -0.1) is 0 Å². The molecule has 0 unspecified atom stereocenters. The average Bonchev–Trinajstić information content (AvgIpc) is 2.52. The van der Waals surface area contributed by atoms with Crippen molar-refractivity contribution in [3.8, 4) is 0 Å². The van der Waals surface area contributed by atoms with Crippen LogP contribution in [0.1, 0.15) is 55.4 Å². The zero-order valence-electron chi connectivity index (χ0n) is 19.6. The summed E-state index contributed by atoms with van der Waals surface area (Å²) >= 11 is 0. The summed E-state index contributed by atoms with van der Waals surface area (Å²) in [6.45, 7) is 12.2. The second-order valence-corrected chi connectivity index (χ2v) is 8.45. The number of carboxylic acids is 3. The maximum absolute atomic E-state index is 10.5. The Morgan fingerprint density at radius 1 is 0.667 bits per heavy atom. The molecule has 0 radical (unpaired) electrons. The fourth-order valence-corrected chi connectivity index (χ4v) is 0.370. The van der Waals surface area contributed by atoms with Crippen LogP contribution in [-0.4, -0.2) is 75.5 Å². The molecule has 0 amide bonds. The van der Waals surface area contributed by atoms with Gasteiger partial charge in [0.1, 0.15) is 22.2 Å². The highest BCUT2D eigenvalue weighted by Gasteiger charge is 2.23. The maximum atomic E-state index is 10.5. The van der Waals surface area contributed by atoms with Gasteiger partial charge < -0.3 is 42.6 Å². The number of carboxylic acid groups (broad SMARTS) is 3. The Kier molecular flexibility index (Phi) is 16.2. The van der Waals surface area contributed by atoms with Gasteiger partial charge in [0.2, 0.25) is 0 Å². The third-order valence-corrected chi connectivity index (χ3v) is 2.97. The Labute approximate surface area is 178 Å². The van der Waals surface area contributed by atoms with Crippen molar-refractivity contribution in [3.63, 3.8) is 0 Å². The molecule has 0 atom stereocenters. The van der Waals surface area contributed by atoms with E-state index in [-0.39, 0.29) is 0 Å². The van der Waals surface area contributed by atoms with Gasteiger partial charge >= 0.3 is 23.9 Å². The normalized spacial score (nSPS) is 11.2. The monoisotopic (exact) mass is 440 g/mol. The topological polar surface area (TPSA) is 228 Å². The van der Waals surface area contributed by atoms with Crippen LogP contribution in [0, 0.1) is 0 Å². The molecule has 0 saturated heterocycles. The lowest BCUT2D eigenvalue weighted by atomic mass is 10.1. The summed E-state index contributed by atoms with van der Waals surface area (Å²) in [4.78, 5) is 40.5. The minimum absolute atomic E-state index is 0.391. The van der Waals surface area contributed by atoms with E-state index in [4.69, 9.17) is 32.5 Å². The van der Waals surface area contributed by atoms with Crippen molar-refractivity contribution < 1.29 is 39.2 Å². The summed E-state index contributed by atoms with van der Waals surface area (Å²) < 4.78 is 4.35. The van der Waals surface area contributed by atoms with E-state index in [1.165, 1.54) is 34.8 Å². The summed E-state index contributed by atoms with van der Waals surface area (Å²) in [6.07, 6.45) is 0. The first-order valence-corrected chi connectivity index (χ1v) is 8.72. The number of ether oxygens (including phenoxy) is 1. The number of likely N-dealkylation sites (N-methyl/N-ethyl adjacent to an activating group) is 1. The SMILES string of the molecule is CC(C)(N)C(=O)O.CC(C)(N)C(=O)O.CNC(C)(C)C(=O)O.COC(=O)C(C)(C)N. The number of methoxy groups -OCH3 is 1. The van der Waals surface area contributed by atoms with Gasteiger partial charge in [0.15, 0.2) is 0 Å². The Bertz CT molecular complexity index is 532. The van der Waals surface area contributed by atoms with Gasteiger partial charge in [-0.25, -0.2) is 0 Å². The Hall–Kier alpha value is -2.28. The highest BCUT2D eigenvalue weighted by Crippen LogP contribution is 1.98. The zero-order valence-corrected chi connectivity index (χ0v) is 19.6. The molecular weight excluding hydrogens is 400 g/mol. The molecule has 0 saturated carbocycles. The van der Waals surface area contributed by atoms with Crippen LogP contribution in [0.5, 0.6) is 0 Å². The van der Waals surface area contributed by atoms with E-state index < -0.39 is 46.0 Å². The van der Waals surface area contributed by atoms with Crippen molar-refractivity contribution in [1.29, 1.82) is 0 Å². The van der Waals surface area contributed by atoms with Gasteiger partial charge in [-0.05, 0) is 62.4 Å². The first-order chi connectivity index (χ1) is 12.9. The van der Waals surface area contributed by atoms with E-state index in [1.807, 2.05) is 0 Å². The van der Waals surface area contributed by atoms with Crippen LogP contribution in [0.4, 0.5) is 0 Å². The molecule has 180 valence electrons. The Morgan fingerprint density at radius 2 is 0.900 bits per heavy atom. The van der Waals surface area contributed by atoms with E-state index in [9.17, 15) is 19.2 Å². The van der Waals surface area contributed by atoms with E-state index in [0.29, 0.717) is 0 Å². The number of nitrogens with two attached hydrogens (primary N) is 3. The number of aliphatic carboxylic acids is 3. The number of rotatable bonds is 5. The van der Waals surface area contributed by atoms with Crippen LogP contribution in [0.2, 0.25) is 0 Å². The molecule has 0 fully saturated rings. The molecule has 12 heteroatoms. The Morgan fingerprint density at radius 3 is 0.900 bits per heavy atom. The first kappa shape index (κ1) is 35.2. The number of hydrogen-bond acceptors (Lipinski definition) is 9. The van der Waals surface area contributed by atoms with Gasteiger partial charge in [0.25, 0.3) is 0 Å². The molecule has 12 nitrogen and oxygen atoms in total. The van der Waals surface area contributed by atoms with Crippen molar-refractivity contribution in [2.24, 2.45) is 17.2 Å². The lowest BCUT2D eigenvalue weighted by Crippen LogP contribution is -2.44. The van der Waals surface area contributed by atoms with E-state index >= 15 is 0 Å². The smallest absolute Gasteiger partial charge is 0.325 e. The van der Waals surface area contributed by atoms with Crippen molar-refractivity contribution in [2.75, 3.05) is 14.2 Å². The van der Waals surface area contributed by atoms with Crippen LogP contribution in [0.3, 0.4) is 0 Å². The molecule has 0 spiro atoms. The molecule has 30 heavy (non-hydrogen) atoms. The molecule has 0 aromatic heterocycles. The van der Waals surface area contributed by atoms with Crippen LogP contribution < -0.4 is 22.5 Å². The van der Waals surface area contributed by atoms with Crippen LogP contribution >= 0.6 is 0 Å². The first-order valence-electron chi connectivity index (χ1n) is 8.72. The lowest BCUT2D eigenvalue weighted by Gasteiger charge is -2.16.